The van der Waals surface area contributed by atoms with Crippen molar-refractivity contribution in [3.63, 3.8) is 0 Å². The predicted octanol–water partition coefficient (Wildman–Crippen LogP) is 0.247. The summed E-state index contributed by atoms with van der Waals surface area (Å²) in [4.78, 5) is 0. The number of nitrogens with two attached hydrogens (primary N) is 2. The Kier molecular flexibility index (Phi) is 1.78. The second kappa shape index (κ2) is 1.84. The molecule has 0 unspecified atom stereocenters. The molecule has 0 saturated carbocycles. The average Bonchev–Trinajstić information content (AvgIpc) is 1.16. The van der Waals surface area contributed by atoms with Gasteiger partial charge in [0.15, 0.2) is 0 Å². The molecule has 0 fully saturated rings. The van der Waals surface area contributed by atoms with Gasteiger partial charge in [0.2, 0.25) is 0 Å². The van der Waals surface area contributed by atoms with Gasteiger partial charge in [0, 0.05) is 0 Å². The Hall–Kier alpha value is -0.300. The van der Waals surface area contributed by atoms with E-state index in [9.17, 15) is 0 Å². The first-order valence-electron chi connectivity index (χ1n) is 2.79. The van der Waals surface area contributed by atoms with Crippen molar-refractivity contribution in [1.82, 2.24) is 0 Å². The Morgan fingerprint density at radius 3 is 1.44 bits per heavy atom. The first kappa shape index (κ1) is 8.70. The van der Waals surface area contributed by atoms with Crippen LogP contribution >= 0.6 is 6.75 Å². The van der Waals surface area contributed by atoms with Gasteiger partial charge in [0.05, 0.1) is 0 Å². The van der Waals surface area contributed by atoms with Crippen LogP contribution in [0.1, 0.15) is 0 Å². The van der Waals surface area contributed by atoms with Gasteiger partial charge in [0.25, 0.3) is 0 Å². The van der Waals surface area contributed by atoms with Crippen LogP contribution in [0.25, 0.3) is 0 Å². The molecule has 0 bridgehead atoms. The van der Waals surface area contributed by atoms with E-state index in [1.807, 2.05) is 0 Å². The fourth-order valence-electron chi connectivity index (χ4n) is 0.462. The van der Waals surface area contributed by atoms with E-state index in [-0.39, 0.29) is 5.96 Å². The molecular weight excluding hydrogens is 133 g/mol. The second-order valence-electron chi connectivity index (χ2n) is 4.01. The summed E-state index contributed by atoms with van der Waals surface area (Å²) in [6.45, 7) is 6.52. The average molecular weight is 149 g/mol. The van der Waals surface area contributed by atoms with E-state index in [1.165, 1.54) is 0 Å². The van der Waals surface area contributed by atoms with Gasteiger partial charge in [-0.2, -0.15) is 0 Å². The number of nitrogens with zero attached hydrogens (tertiary/aromatic N) is 1. The summed E-state index contributed by atoms with van der Waals surface area (Å²) >= 11 is 0. The molecule has 0 spiro atoms. The van der Waals surface area contributed by atoms with Crippen molar-refractivity contribution in [2.45, 2.75) is 0 Å². The minimum atomic E-state index is -1.83. The zero-order valence-corrected chi connectivity index (χ0v) is 7.44. The molecule has 0 aromatic rings. The van der Waals surface area contributed by atoms with Crippen LogP contribution in [0.5, 0.6) is 0 Å². The molecule has 4 heteroatoms. The molecule has 3 nitrogen and oxygen atoms in total. The van der Waals surface area contributed by atoms with Gasteiger partial charge in [0.1, 0.15) is 0 Å². The molecule has 4 N–H and O–H groups in total. The van der Waals surface area contributed by atoms with Crippen LogP contribution in [0.2, 0.25) is 0 Å². The monoisotopic (exact) mass is 149 g/mol. The van der Waals surface area contributed by atoms with Crippen molar-refractivity contribution in [2.24, 2.45) is 16.2 Å². The third kappa shape index (κ3) is 7.70. The molecule has 0 saturated heterocycles. The molecule has 0 atom stereocenters. The molecule has 0 aliphatic heterocycles. The van der Waals surface area contributed by atoms with Crippen LogP contribution in [0.3, 0.4) is 0 Å². The molecule has 0 aromatic carbocycles. The number of rotatable bonds is 1. The van der Waals surface area contributed by atoms with Crippen molar-refractivity contribution in [1.29, 1.82) is 0 Å². The molecule has 0 amide bonds. The SMILES string of the molecule is CP(C)(C)(C)N=C(N)N. The van der Waals surface area contributed by atoms with Crippen LogP contribution in [-0.2, 0) is 0 Å². The molecule has 0 aliphatic carbocycles. The summed E-state index contributed by atoms with van der Waals surface area (Å²) in [6, 6.07) is 0. The summed E-state index contributed by atoms with van der Waals surface area (Å²) in [7, 11) is 0. The maximum atomic E-state index is 5.22. The van der Waals surface area contributed by atoms with E-state index < -0.39 is 6.75 Å². The number of hydrogen-bond acceptors (Lipinski definition) is 1. The first-order valence-corrected chi connectivity index (χ1v) is 6.77. The fraction of sp³-hybridized carbons (Fsp3) is 0.800. The minimum absolute atomic E-state index is 0.197. The third-order valence-electron chi connectivity index (χ3n) is 0.515. The Morgan fingerprint density at radius 2 is 1.44 bits per heavy atom. The van der Waals surface area contributed by atoms with E-state index >= 15 is 0 Å². The van der Waals surface area contributed by atoms with Crippen molar-refractivity contribution < 1.29 is 0 Å². The predicted molar refractivity (Wildman–Crippen MR) is 46.4 cm³/mol. The Morgan fingerprint density at radius 1 is 1.11 bits per heavy atom. The van der Waals surface area contributed by atoms with Crippen LogP contribution in [0, 0.1) is 0 Å². The van der Waals surface area contributed by atoms with Gasteiger partial charge in [-0.1, -0.05) is 0 Å². The van der Waals surface area contributed by atoms with Crippen molar-refractivity contribution >= 4 is 12.7 Å². The van der Waals surface area contributed by atoms with Crippen molar-refractivity contribution in [2.75, 3.05) is 26.7 Å². The van der Waals surface area contributed by atoms with E-state index in [1.54, 1.807) is 0 Å². The van der Waals surface area contributed by atoms with Gasteiger partial charge in [-0.15, -0.1) is 0 Å². The number of hydrogen-bond donors (Lipinski definition) is 2. The van der Waals surface area contributed by atoms with Crippen LogP contribution in [0.4, 0.5) is 0 Å². The zero-order chi connectivity index (χ0) is 7.73. The molecule has 9 heavy (non-hydrogen) atoms. The second-order valence-corrected chi connectivity index (χ2v) is 11.2. The van der Waals surface area contributed by atoms with E-state index in [0.717, 1.165) is 0 Å². The standard InChI is InChI=1S/C5H16N3P/c1-9(2,3,4)8-5(6)7/h1-4H3,(H4,6,7,8). The quantitative estimate of drug-likeness (QED) is 0.319. The van der Waals surface area contributed by atoms with Crippen LogP contribution in [0.15, 0.2) is 4.76 Å². The van der Waals surface area contributed by atoms with Gasteiger partial charge >= 0.3 is 55.6 Å². The summed E-state index contributed by atoms with van der Waals surface area (Å²) in [5.74, 6) is 0.197. The molecule has 0 rings (SSSR count). The van der Waals surface area contributed by atoms with Gasteiger partial charge in [-0.25, -0.2) is 0 Å². The summed E-state index contributed by atoms with van der Waals surface area (Å²) in [5, 5.41) is 0. The van der Waals surface area contributed by atoms with E-state index in [0.29, 0.717) is 0 Å². The number of guanidine groups is 1. The molecular formula is C5H16N3P. The summed E-state index contributed by atoms with van der Waals surface area (Å²) in [5.41, 5.74) is 10.4. The first-order chi connectivity index (χ1) is 3.67. The summed E-state index contributed by atoms with van der Waals surface area (Å²) in [6.07, 6.45) is 0. The van der Waals surface area contributed by atoms with E-state index in [2.05, 4.69) is 31.4 Å². The van der Waals surface area contributed by atoms with Crippen LogP contribution in [-0.4, -0.2) is 32.6 Å². The molecule has 0 aliphatic rings. The zero-order valence-electron chi connectivity index (χ0n) is 6.55. The van der Waals surface area contributed by atoms with Gasteiger partial charge in [-0.05, 0) is 0 Å². The Bertz CT molecular complexity index is 129. The van der Waals surface area contributed by atoms with Crippen molar-refractivity contribution in [3.8, 4) is 0 Å². The third-order valence-corrected chi connectivity index (χ3v) is 1.55. The van der Waals surface area contributed by atoms with Crippen LogP contribution < -0.4 is 11.5 Å². The molecule has 0 aromatic heterocycles. The Balaban J connectivity index is 4.40. The fourth-order valence-corrected chi connectivity index (χ4v) is 1.39. The van der Waals surface area contributed by atoms with Gasteiger partial charge < -0.3 is 0 Å². The molecule has 0 radical (unpaired) electrons. The molecule has 0 heterocycles. The van der Waals surface area contributed by atoms with Gasteiger partial charge in [-0.3, -0.25) is 0 Å². The van der Waals surface area contributed by atoms with Crippen molar-refractivity contribution in [3.05, 3.63) is 0 Å². The summed E-state index contributed by atoms with van der Waals surface area (Å²) < 4.78 is 4.14. The topological polar surface area (TPSA) is 64.4 Å². The normalized spacial score (nSPS) is 15.8. The van der Waals surface area contributed by atoms with E-state index in [4.69, 9.17) is 11.5 Å². The molecule has 56 valence electrons. The Labute approximate surface area is 56.5 Å². The maximum absolute atomic E-state index is 5.22.